The average Bonchev–Trinajstić information content (AvgIpc) is 3.44. The largest absolute Gasteiger partial charge is 0.282 e. The monoisotopic (exact) mass is 508 g/mol. The Morgan fingerprint density at radius 1 is 0.432 bits per heavy atom. The first-order chi connectivity index (χ1) is 16.8. The molecule has 3 N–H and O–H groups in total. The van der Waals surface area contributed by atoms with Crippen molar-refractivity contribution in [1.82, 2.24) is 30.6 Å². The van der Waals surface area contributed by atoms with Crippen LogP contribution in [0.25, 0.3) is 0 Å². The van der Waals surface area contributed by atoms with Crippen molar-refractivity contribution in [3.63, 3.8) is 0 Å². The number of aromatic nitrogens is 6. The highest BCUT2D eigenvalue weighted by Crippen LogP contribution is 2.49. The van der Waals surface area contributed by atoms with Crippen LogP contribution >= 0.6 is 0 Å². The summed E-state index contributed by atoms with van der Waals surface area (Å²) in [7, 11) is 0. The maximum Gasteiger partial charge on any atom is 0.0720 e. The summed E-state index contributed by atoms with van der Waals surface area (Å²) >= 11 is 0. The normalized spacial score (nSPS) is 13.7. The molecular formula is C31H52N6. The summed E-state index contributed by atoms with van der Waals surface area (Å²) in [6, 6.07) is 0. The first kappa shape index (κ1) is 29.2. The molecule has 0 amide bonds. The molecule has 0 unspecified atom stereocenters. The van der Waals surface area contributed by atoms with Gasteiger partial charge in [-0.15, -0.1) is 0 Å². The van der Waals surface area contributed by atoms with Gasteiger partial charge in [-0.1, -0.05) is 104 Å². The summed E-state index contributed by atoms with van der Waals surface area (Å²) in [4.78, 5) is 0. The number of hydrogen-bond donors (Lipinski definition) is 3. The van der Waals surface area contributed by atoms with Crippen molar-refractivity contribution in [3.8, 4) is 0 Å². The predicted molar refractivity (Wildman–Crippen MR) is 155 cm³/mol. The van der Waals surface area contributed by atoms with Gasteiger partial charge in [0, 0.05) is 55.9 Å². The first-order valence-electron chi connectivity index (χ1n) is 14.0. The van der Waals surface area contributed by atoms with Crippen molar-refractivity contribution < 1.29 is 0 Å². The highest BCUT2D eigenvalue weighted by molar-refractivity contribution is 5.56. The van der Waals surface area contributed by atoms with Crippen LogP contribution in [-0.2, 0) is 16.2 Å². The van der Waals surface area contributed by atoms with Gasteiger partial charge in [-0.25, -0.2) is 0 Å². The van der Waals surface area contributed by atoms with E-state index in [4.69, 9.17) is 15.3 Å². The second kappa shape index (κ2) is 9.74. The molecule has 3 rings (SSSR count). The molecular weight excluding hydrogens is 456 g/mol. The van der Waals surface area contributed by atoms with Gasteiger partial charge >= 0.3 is 0 Å². The average molecular weight is 509 g/mol. The van der Waals surface area contributed by atoms with E-state index < -0.39 is 0 Å². The van der Waals surface area contributed by atoms with Gasteiger partial charge in [0.1, 0.15) is 0 Å². The second-order valence-corrected chi connectivity index (χ2v) is 14.8. The van der Waals surface area contributed by atoms with Crippen molar-refractivity contribution in [1.29, 1.82) is 0 Å². The molecule has 3 aromatic heterocycles. The van der Waals surface area contributed by atoms with E-state index in [-0.39, 0.29) is 22.2 Å². The van der Waals surface area contributed by atoms with E-state index in [0.29, 0.717) is 17.8 Å². The van der Waals surface area contributed by atoms with Crippen molar-refractivity contribution >= 4 is 0 Å². The highest BCUT2D eigenvalue weighted by atomic mass is 15.2. The molecule has 3 aromatic rings. The van der Waals surface area contributed by atoms with Gasteiger partial charge in [-0.2, -0.15) is 15.3 Å². The minimum absolute atomic E-state index is 0.0545. The smallest absolute Gasteiger partial charge is 0.0720 e. The van der Waals surface area contributed by atoms with Crippen molar-refractivity contribution in [3.05, 3.63) is 50.9 Å². The highest BCUT2D eigenvalue weighted by Gasteiger charge is 2.42. The van der Waals surface area contributed by atoms with E-state index >= 15 is 0 Å². The SMILES string of the molecule is CC(C)c1[nH]nc(C(C)(C)C)c1C(c1c(C(C)(C)C)n[nH]c1C(C)C)c1c(C(C)(C)C)n[nH]c1C(C)C. The van der Waals surface area contributed by atoms with E-state index in [1.807, 2.05) is 0 Å². The van der Waals surface area contributed by atoms with Crippen molar-refractivity contribution in [2.24, 2.45) is 0 Å². The molecule has 6 nitrogen and oxygen atoms in total. The third-order valence-corrected chi connectivity index (χ3v) is 7.23. The molecule has 0 spiro atoms. The van der Waals surface area contributed by atoms with E-state index in [2.05, 4.69) is 119 Å². The Morgan fingerprint density at radius 3 is 0.811 bits per heavy atom. The van der Waals surface area contributed by atoms with Crippen LogP contribution in [0.15, 0.2) is 0 Å². The second-order valence-electron chi connectivity index (χ2n) is 14.8. The first-order valence-corrected chi connectivity index (χ1v) is 14.0. The number of nitrogens with zero attached hydrogens (tertiary/aromatic N) is 3. The van der Waals surface area contributed by atoms with Crippen LogP contribution < -0.4 is 0 Å². The van der Waals surface area contributed by atoms with Gasteiger partial charge in [0.25, 0.3) is 0 Å². The van der Waals surface area contributed by atoms with Crippen LogP contribution in [0.1, 0.15) is 178 Å². The molecule has 206 valence electrons. The Hall–Kier alpha value is -2.37. The van der Waals surface area contributed by atoms with Gasteiger partial charge in [0.05, 0.1) is 17.1 Å². The summed E-state index contributed by atoms with van der Waals surface area (Å²) < 4.78 is 0. The Bertz CT molecular complexity index is 1060. The lowest BCUT2D eigenvalue weighted by molar-refractivity contribution is 0.541. The molecule has 3 heterocycles. The van der Waals surface area contributed by atoms with Crippen LogP contribution in [-0.4, -0.2) is 30.6 Å². The van der Waals surface area contributed by atoms with Crippen molar-refractivity contribution in [2.45, 2.75) is 144 Å². The summed E-state index contributed by atoms with van der Waals surface area (Å²) in [5.74, 6) is 0.823. The molecule has 0 atom stereocenters. The maximum absolute atomic E-state index is 5.00. The zero-order chi connectivity index (χ0) is 28.2. The lowest BCUT2D eigenvalue weighted by atomic mass is 9.70. The van der Waals surface area contributed by atoms with Gasteiger partial charge in [0.15, 0.2) is 0 Å². The van der Waals surface area contributed by atoms with E-state index in [9.17, 15) is 0 Å². The van der Waals surface area contributed by atoms with Crippen LogP contribution in [0.4, 0.5) is 0 Å². The lowest BCUT2D eigenvalue weighted by Crippen LogP contribution is -2.25. The Labute approximate surface area is 225 Å². The van der Waals surface area contributed by atoms with E-state index in [0.717, 1.165) is 17.1 Å². The zero-order valence-corrected chi connectivity index (χ0v) is 26.2. The molecule has 6 heteroatoms. The molecule has 0 saturated heterocycles. The summed E-state index contributed by atoms with van der Waals surface area (Å²) in [5.41, 5.74) is 10.4. The summed E-state index contributed by atoms with van der Waals surface area (Å²) in [5, 5.41) is 25.4. The molecule has 0 radical (unpaired) electrons. The minimum Gasteiger partial charge on any atom is -0.282 e. The van der Waals surface area contributed by atoms with Gasteiger partial charge < -0.3 is 0 Å². The number of H-pyrrole nitrogens is 3. The fourth-order valence-corrected chi connectivity index (χ4v) is 5.44. The number of aromatic amines is 3. The third-order valence-electron chi connectivity index (χ3n) is 7.23. The molecule has 0 fully saturated rings. The quantitative estimate of drug-likeness (QED) is 0.313. The molecule has 0 saturated carbocycles. The van der Waals surface area contributed by atoms with Gasteiger partial charge in [-0.3, -0.25) is 15.3 Å². The topological polar surface area (TPSA) is 86.0 Å². The fourth-order valence-electron chi connectivity index (χ4n) is 5.44. The zero-order valence-electron chi connectivity index (χ0n) is 26.2. The predicted octanol–water partition coefficient (Wildman–Crippen LogP) is 8.30. The summed E-state index contributed by atoms with van der Waals surface area (Å²) in [6.45, 7) is 33.9. The Balaban J connectivity index is 2.65. The van der Waals surface area contributed by atoms with Crippen LogP contribution in [0.3, 0.4) is 0 Å². The molecule has 0 aliphatic carbocycles. The van der Waals surface area contributed by atoms with Gasteiger partial charge in [0.2, 0.25) is 0 Å². The van der Waals surface area contributed by atoms with Crippen LogP contribution in [0, 0.1) is 0 Å². The standard InChI is InChI=1S/C31H52N6/c1-16(2)23-20(26(35-32-23)29(7,8)9)19(21-24(17(3)4)33-36-27(21)30(10,11)12)22-25(18(5)6)34-37-28(22)31(13,14)15/h16-19H,1-15H3,(H,32,35)(H,33,36)(H,34,37). The Morgan fingerprint density at radius 2 is 0.649 bits per heavy atom. The Kier molecular flexibility index (Phi) is 7.68. The number of nitrogens with one attached hydrogen (secondary N) is 3. The maximum atomic E-state index is 5.00. The summed E-state index contributed by atoms with van der Waals surface area (Å²) in [6.07, 6.45) is 0. The third kappa shape index (κ3) is 5.44. The van der Waals surface area contributed by atoms with Crippen LogP contribution in [0.5, 0.6) is 0 Å². The van der Waals surface area contributed by atoms with Gasteiger partial charge in [-0.05, 0) is 17.8 Å². The molecule has 37 heavy (non-hydrogen) atoms. The number of hydrogen-bond acceptors (Lipinski definition) is 3. The molecule has 0 aliphatic rings. The minimum atomic E-state index is -0.134. The van der Waals surface area contributed by atoms with Crippen molar-refractivity contribution in [2.75, 3.05) is 0 Å². The van der Waals surface area contributed by atoms with E-state index in [1.54, 1.807) is 0 Å². The molecule has 0 aliphatic heterocycles. The lowest BCUT2D eigenvalue weighted by Gasteiger charge is -2.31. The molecule has 0 bridgehead atoms. The van der Waals surface area contributed by atoms with E-state index in [1.165, 1.54) is 33.8 Å². The van der Waals surface area contributed by atoms with Crippen LogP contribution in [0.2, 0.25) is 0 Å². The fraction of sp³-hybridized carbons (Fsp3) is 0.710. The number of rotatable bonds is 6. The molecule has 0 aromatic carbocycles.